The van der Waals surface area contributed by atoms with Gasteiger partial charge in [0.1, 0.15) is 18.3 Å². The smallest absolute Gasteiger partial charge is 0.251 e. The molecule has 9 nitrogen and oxygen atoms in total. The molecule has 0 fully saturated rings. The number of aliphatic hydroxyl groups excluding tert-OH is 5. The minimum Gasteiger partial charge on any atom is -0.394 e. The van der Waals surface area contributed by atoms with Gasteiger partial charge in [-0.1, -0.05) is 6.58 Å². The maximum absolute atomic E-state index is 11.5. The summed E-state index contributed by atoms with van der Waals surface area (Å²) in [6.07, 6.45) is -7.04. The lowest BCUT2D eigenvalue weighted by molar-refractivity contribution is -0.148. The lowest BCUT2D eigenvalue weighted by Crippen LogP contribution is -2.51. The summed E-state index contributed by atoms with van der Waals surface area (Å²) in [7, 11) is 0. The standard InChI is InChI=1S/C13H24N2O7/c1-7(2)12(21)14-4-3-5-15-13(22)11(20)10(19)9(18)8(17)6-16/h8-11,16-20H,1,3-6H2,2H3,(H,14,21)(H,15,22)/t8-,9-,10+,11-/m1/s1. The van der Waals surface area contributed by atoms with Crippen molar-refractivity contribution in [2.45, 2.75) is 37.8 Å². The molecule has 128 valence electrons. The Bertz CT molecular complexity index is 389. The molecule has 22 heavy (non-hydrogen) atoms. The first kappa shape index (κ1) is 20.5. The summed E-state index contributed by atoms with van der Waals surface area (Å²) >= 11 is 0. The molecule has 0 rings (SSSR count). The van der Waals surface area contributed by atoms with Crippen molar-refractivity contribution < 1.29 is 35.1 Å². The molecule has 0 aromatic carbocycles. The summed E-state index contributed by atoms with van der Waals surface area (Å²) < 4.78 is 0. The molecule has 0 aromatic rings. The third kappa shape index (κ3) is 6.96. The van der Waals surface area contributed by atoms with Gasteiger partial charge in [0.25, 0.3) is 5.91 Å². The molecular formula is C13H24N2O7. The van der Waals surface area contributed by atoms with Gasteiger partial charge in [0.2, 0.25) is 5.91 Å². The normalized spacial score (nSPS) is 16.3. The highest BCUT2D eigenvalue weighted by Crippen LogP contribution is 2.05. The number of nitrogens with one attached hydrogen (secondary N) is 2. The molecule has 0 saturated carbocycles. The van der Waals surface area contributed by atoms with Crippen LogP contribution in [0.4, 0.5) is 0 Å². The zero-order valence-electron chi connectivity index (χ0n) is 12.4. The third-order valence-corrected chi connectivity index (χ3v) is 2.85. The van der Waals surface area contributed by atoms with E-state index in [0.29, 0.717) is 12.0 Å². The second kappa shape index (κ2) is 10.2. The molecule has 0 aromatic heterocycles. The lowest BCUT2D eigenvalue weighted by Gasteiger charge is -2.24. The van der Waals surface area contributed by atoms with Crippen LogP contribution in [-0.2, 0) is 9.59 Å². The average molecular weight is 320 g/mol. The molecule has 7 N–H and O–H groups in total. The van der Waals surface area contributed by atoms with E-state index in [1.165, 1.54) is 0 Å². The van der Waals surface area contributed by atoms with Gasteiger partial charge < -0.3 is 36.2 Å². The van der Waals surface area contributed by atoms with Crippen molar-refractivity contribution in [2.24, 2.45) is 0 Å². The summed E-state index contributed by atoms with van der Waals surface area (Å²) in [5, 5.41) is 51.0. The number of amides is 2. The Morgan fingerprint density at radius 2 is 1.59 bits per heavy atom. The van der Waals surface area contributed by atoms with E-state index in [2.05, 4.69) is 17.2 Å². The van der Waals surface area contributed by atoms with Gasteiger partial charge in [0, 0.05) is 18.7 Å². The monoisotopic (exact) mass is 320 g/mol. The van der Waals surface area contributed by atoms with E-state index in [9.17, 15) is 24.9 Å². The van der Waals surface area contributed by atoms with Gasteiger partial charge >= 0.3 is 0 Å². The Balaban J connectivity index is 4.06. The van der Waals surface area contributed by atoms with Gasteiger partial charge in [-0.25, -0.2) is 0 Å². The Morgan fingerprint density at radius 1 is 1.05 bits per heavy atom. The molecule has 0 unspecified atom stereocenters. The van der Waals surface area contributed by atoms with Crippen LogP contribution in [-0.4, -0.2) is 81.5 Å². The fourth-order valence-corrected chi connectivity index (χ4v) is 1.43. The average Bonchev–Trinajstić information content (AvgIpc) is 2.50. The van der Waals surface area contributed by atoms with Crippen LogP contribution < -0.4 is 10.6 Å². The molecule has 4 atom stereocenters. The van der Waals surface area contributed by atoms with Crippen molar-refractivity contribution >= 4 is 11.8 Å². The zero-order chi connectivity index (χ0) is 17.3. The first-order chi connectivity index (χ1) is 10.2. The number of carbonyl (C=O) groups excluding carboxylic acids is 2. The Labute approximate surface area is 128 Å². The van der Waals surface area contributed by atoms with E-state index in [1.54, 1.807) is 6.92 Å². The number of hydrogen-bond donors (Lipinski definition) is 7. The van der Waals surface area contributed by atoms with Crippen molar-refractivity contribution in [2.75, 3.05) is 19.7 Å². The van der Waals surface area contributed by atoms with Crippen molar-refractivity contribution in [1.29, 1.82) is 0 Å². The van der Waals surface area contributed by atoms with Gasteiger partial charge in [0.05, 0.1) is 6.61 Å². The molecule has 2 amide bonds. The Hall–Kier alpha value is -1.52. The summed E-state index contributed by atoms with van der Waals surface area (Å²) in [6.45, 7) is 4.60. The first-order valence-corrected chi connectivity index (χ1v) is 6.76. The van der Waals surface area contributed by atoms with Crippen LogP contribution in [0.3, 0.4) is 0 Å². The zero-order valence-corrected chi connectivity index (χ0v) is 12.4. The van der Waals surface area contributed by atoms with Crippen LogP contribution in [0.25, 0.3) is 0 Å². The Kier molecular flexibility index (Phi) is 9.54. The third-order valence-electron chi connectivity index (χ3n) is 2.85. The summed E-state index contributed by atoms with van der Waals surface area (Å²) in [5.74, 6) is -1.24. The van der Waals surface area contributed by atoms with Gasteiger partial charge in [-0.2, -0.15) is 0 Å². The molecule has 0 radical (unpaired) electrons. The summed E-state index contributed by atoms with van der Waals surface area (Å²) in [6, 6.07) is 0. The van der Waals surface area contributed by atoms with E-state index in [4.69, 9.17) is 10.2 Å². The second-order valence-corrected chi connectivity index (χ2v) is 4.86. The molecule has 0 bridgehead atoms. The Morgan fingerprint density at radius 3 is 2.09 bits per heavy atom. The quantitative estimate of drug-likeness (QED) is 0.163. The molecule has 0 aliphatic rings. The van der Waals surface area contributed by atoms with Crippen LogP contribution >= 0.6 is 0 Å². The van der Waals surface area contributed by atoms with Crippen LogP contribution in [0.2, 0.25) is 0 Å². The maximum Gasteiger partial charge on any atom is 0.251 e. The van der Waals surface area contributed by atoms with E-state index in [1.807, 2.05) is 0 Å². The highest BCUT2D eigenvalue weighted by Gasteiger charge is 2.33. The van der Waals surface area contributed by atoms with E-state index >= 15 is 0 Å². The van der Waals surface area contributed by atoms with E-state index in [-0.39, 0.29) is 19.0 Å². The summed E-state index contributed by atoms with van der Waals surface area (Å²) in [5.41, 5.74) is 0.360. The maximum atomic E-state index is 11.5. The van der Waals surface area contributed by atoms with Gasteiger partial charge in [-0.15, -0.1) is 0 Å². The molecule has 0 heterocycles. The predicted octanol–water partition coefficient (Wildman–Crippen LogP) is -3.38. The molecule has 0 aliphatic carbocycles. The molecular weight excluding hydrogens is 296 g/mol. The second-order valence-electron chi connectivity index (χ2n) is 4.86. The minimum atomic E-state index is -1.96. The highest BCUT2D eigenvalue weighted by atomic mass is 16.4. The number of aliphatic hydroxyl groups is 5. The van der Waals surface area contributed by atoms with Crippen LogP contribution in [0.5, 0.6) is 0 Å². The van der Waals surface area contributed by atoms with Crippen molar-refractivity contribution in [3.63, 3.8) is 0 Å². The van der Waals surface area contributed by atoms with Crippen LogP contribution in [0.1, 0.15) is 13.3 Å². The van der Waals surface area contributed by atoms with Crippen molar-refractivity contribution in [3.8, 4) is 0 Å². The molecule has 0 aliphatic heterocycles. The highest BCUT2D eigenvalue weighted by molar-refractivity contribution is 5.92. The number of carbonyl (C=O) groups is 2. The molecule has 0 saturated heterocycles. The van der Waals surface area contributed by atoms with Gasteiger partial charge in [-0.3, -0.25) is 9.59 Å². The predicted molar refractivity (Wildman–Crippen MR) is 76.6 cm³/mol. The number of hydrogen-bond acceptors (Lipinski definition) is 7. The minimum absolute atomic E-state index is 0.123. The molecule has 0 spiro atoms. The lowest BCUT2D eigenvalue weighted by atomic mass is 10.0. The largest absolute Gasteiger partial charge is 0.394 e. The fraction of sp³-hybridized carbons (Fsp3) is 0.692. The fourth-order valence-electron chi connectivity index (χ4n) is 1.43. The van der Waals surface area contributed by atoms with Crippen LogP contribution in [0, 0.1) is 0 Å². The molecule has 9 heteroatoms. The topological polar surface area (TPSA) is 159 Å². The first-order valence-electron chi connectivity index (χ1n) is 6.76. The van der Waals surface area contributed by atoms with E-state index in [0.717, 1.165) is 0 Å². The van der Waals surface area contributed by atoms with Gasteiger partial charge in [-0.05, 0) is 13.3 Å². The SMILES string of the molecule is C=C(C)C(=O)NCCCNC(=O)[C@H](O)[C@@H](O)[C@H](O)[C@H](O)CO. The summed E-state index contributed by atoms with van der Waals surface area (Å²) in [4.78, 5) is 22.7. The van der Waals surface area contributed by atoms with Crippen molar-refractivity contribution in [1.82, 2.24) is 10.6 Å². The van der Waals surface area contributed by atoms with Crippen molar-refractivity contribution in [3.05, 3.63) is 12.2 Å². The van der Waals surface area contributed by atoms with E-state index < -0.39 is 36.9 Å². The number of rotatable bonds is 10. The van der Waals surface area contributed by atoms with Crippen LogP contribution in [0.15, 0.2) is 12.2 Å². The van der Waals surface area contributed by atoms with Gasteiger partial charge in [0.15, 0.2) is 6.10 Å².